The average Bonchev–Trinajstić information content (AvgIpc) is 2.60. The maximum Gasteiger partial charge on any atom is 0.322 e. The minimum absolute atomic E-state index is 0.265. The SMILES string of the molecule is CC(C)(c1ccccc1)[C@H]1NC(=O)NC1=O. The first-order valence-electron chi connectivity index (χ1n) is 5.18. The summed E-state index contributed by atoms with van der Waals surface area (Å²) in [6.07, 6.45) is 0. The smallest absolute Gasteiger partial charge is 0.322 e. The van der Waals surface area contributed by atoms with Crippen molar-refractivity contribution in [2.45, 2.75) is 25.3 Å². The second-order valence-electron chi connectivity index (χ2n) is 4.48. The lowest BCUT2D eigenvalue weighted by atomic mass is 9.78. The van der Waals surface area contributed by atoms with Gasteiger partial charge in [0.15, 0.2) is 0 Å². The molecule has 0 aromatic heterocycles. The number of imide groups is 1. The summed E-state index contributed by atoms with van der Waals surface area (Å²) in [5.74, 6) is -0.265. The Morgan fingerprint density at radius 2 is 1.75 bits per heavy atom. The topological polar surface area (TPSA) is 58.2 Å². The highest BCUT2D eigenvalue weighted by molar-refractivity contribution is 6.05. The highest BCUT2D eigenvalue weighted by Crippen LogP contribution is 2.28. The van der Waals surface area contributed by atoms with Crippen molar-refractivity contribution in [1.82, 2.24) is 10.6 Å². The molecule has 2 N–H and O–H groups in total. The molecule has 0 bridgehead atoms. The number of hydrogen-bond acceptors (Lipinski definition) is 2. The second kappa shape index (κ2) is 3.63. The Hall–Kier alpha value is -1.84. The summed E-state index contributed by atoms with van der Waals surface area (Å²) in [6.45, 7) is 3.89. The van der Waals surface area contributed by atoms with E-state index < -0.39 is 17.5 Å². The summed E-state index contributed by atoms with van der Waals surface area (Å²) in [4.78, 5) is 22.7. The average molecular weight is 218 g/mol. The van der Waals surface area contributed by atoms with Crippen molar-refractivity contribution in [3.8, 4) is 0 Å². The van der Waals surface area contributed by atoms with Crippen LogP contribution in [0, 0.1) is 0 Å². The molecule has 1 aliphatic heterocycles. The molecule has 1 aromatic rings. The molecule has 3 amide bonds. The maximum atomic E-state index is 11.6. The lowest BCUT2D eigenvalue weighted by molar-refractivity contribution is -0.121. The first-order chi connectivity index (χ1) is 7.51. The van der Waals surface area contributed by atoms with Gasteiger partial charge in [0.05, 0.1) is 0 Å². The van der Waals surface area contributed by atoms with Gasteiger partial charge in [-0.25, -0.2) is 4.79 Å². The first kappa shape index (κ1) is 10.7. The molecule has 0 unspecified atom stereocenters. The van der Waals surface area contributed by atoms with Crippen LogP contribution in [0.3, 0.4) is 0 Å². The summed E-state index contributed by atoms with van der Waals surface area (Å²) < 4.78 is 0. The summed E-state index contributed by atoms with van der Waals surface area (Å²) in [5.41, 5.74) is 0.606. The van der Waals surface area contributed by atoms with Crippen LogP contribution in [-0.4, -0.2) is 18.0 Å². The molecule has 1 fully saturated rings. The van der Waals surface area contributed by atoms with E-state index in [0.29, 0.717) is 0 Å². The summed E-state index contributed by atoms with van der Waals surface area (Å²) in [6, 6.07) is 8.75. The Bertz CT molecular complexity index is 426. The van der Waals surface area contributed by atoms with Crippen molar-refractivity contribution in [3.05, 3.63) is 35.9 Å². The fourth-order valence-corrected chi connectivity index (χ4v) is 1.96. The van der Waals surface area contributed by atoms with Crippen molar-refractivity contribution < 1.29 is 9.59 Å². The fourth-order valence-electron chi connectivity index (χ4n) is 1.96. The number of amides is 3. The van der Waals surface area contributed by atoms with Gasteiger partial charge >= 0.3 is 6.03 Å². The number of carbonyl (C=O) groups is 2. The molecule has 4 heteroatoms. The van der Waals surface area contributed by atoms with Gasteiger partial charge < -0.3 is 5.32 Å². The quantitative estimate of drug-likeness (QED) is 0.732. The van der Waals surface area contributed by atoms with E-state index in [9.17, 15) is 9.59 Å². The number of hydrogen-bond donors (Lipinski definition) is 2. The largest absolute Gasteiger partial charge is 0.325 e. The molecule has 0 spiro atoms. The zero-order valence-corrected chi connectivity index (χ0v) is 9.28. The van der Waals surface area contributed by atoms with E-state index in [-0.39, 0.29) is 5.91 Å². The third kappa shape index (κ3) is 1.66. The van der Waals surface area contributed by atoms with Crippen LogP contribution in [0.15, 0.2) is 30.3 Å². The van der Waals surface area contributed by atoms with Crippen LogP contribution in [0.2, 0.25) is 0 Å². The van der Waals surface area contributed by atoms with Gasteiger partial charge in [0.2, 0.25) is 0 Å². The van der Waals surface area contributed by atoms with E-state index in [2.05, 4.69) is 10.6 Å². The van der Waals surface area contributed by atoms with E-state index in [1.807, 2.05) is 44.2 Å². The van der Waals surface area contributed by atoms with E-state index in [4.69, 9.17) is 0 Å². The zero-order valence-electron chi connectivity index (χ0n) is 9.28. The van der Waals surface area contributed by atoms with Gasteiger partial charge in [0.25, 0.3) is 5.91 Å². The molecule has 0 radical (unpaired) electrons. The molecule has 1 aromatic carbocycles. The Morgan fingerprint density at radius 1 is 1.12 bits per heavy atom. The van der Waals surface area contributed by atoms with Crippen LogP contribution in [0.4, 0.5) is 4.79 Å². The number of nitrogens with one attached hydrogen (secondary N) is 2. The normalized spacial score (nSPS) is 20.5. The van der Waals surface area contributed by atoms with Crippen molar-refractivity contribution in [2.75, 3.05) is 0 Å². The Labute approximate surface area is 94.0 Å². The number of benzene rings is 1. The monoisotopic (exact) mass is 218 g/mol. The van der Waals surface area contributed by atoms with Gasteiger partial charge in [-0.15, -0.1) is 0 Å². The Balaban J connectivity index is 2.32. The predicted octanol–water partition coefficient (Wildman–Crippen LogP) is 1.17. The minimum atomic E-state index is -0.512. The van der Waals surface area contributed by atoms with Gasteiger partial charge in [0.1, 0.15) is 6.04 Å². The Kier molecular flexibility index (Phi) is 2.42. The van der Waals surface area contributed by atoms with Crippen LogP contribution in [-0.2, 0) is 10.2 Å². The second-order valence-corrected chi connectivity index (χ2v) is 4.48. The molecule has 4 nitrogen and oxygen atoms in total. The summed E-state index contributed by atoms with van der Waals surface area (Å²) in [7, 11) is 0. The van der Waals surface area contributed by atoms with E-state index >= 15 is 0 Å². The summed E-state index contributed by atoms with van der Waals surface area (Å²) >= 11 is 0. The minimum Gasteiger partial charge on any atom is -0.325 e. The zero-order chi connectivity index (χ0) is 11.8. The summed E-state index contributed by atoms with van der Waals surface area (Å²) in [5, 5.41) is 4.90. The molecule has 0 aliphatic carbocycles. The van der Waals surface area contributed by atoms with Crippen LogP contribution in [0.25, 0.3) is 0 Å². The molecule has 1 saturated heterocycles. The lowest BCUT2D eigenvalue weighted by Gasteiger charge is -2.29. The van der Waals surface area contributed by atoms with Crippen LogP contribution in [0.1, 0.15) is 19.4 Å². The number of carbonyl (C=O) groups excluding carboxylic acids is 2. The van der Waals surface area contributed by atoms with Gasteiger partial charge in [-0.2, -0.15) is 0 Å². The van der Waals surface area contributed by atoms with Gasteiger partial charge in [-0.3, -0.25) is 10.1 Å². The standard InChI is InChI=1S/C12H14N2O2/c1-12(2,8-6-4-3-5-7-8)9-10(15)14-11(16)13-9/h3-7,9H,1-2H3,(H2,13,14,15,16)/t9-/m0/s1. The molecule has 1 aliphatic rings. The van der Waals surface area contributed by atoms with Crippen molar-refractivity contribution in [1.29, 1.82) is 0 Å². The van der Waals surface area contributed by atoms with E-state index in [1.54, 1.807) is 0 Å². The predicted molar refractivity (Wildman–Crippen MR) is 59.9 cm³/mol. The Morgan fingerprint density at radius 3 is 2.25 bits per heavy atom. The molecule has 1 heterocycles. The van der Waals surface area contributed by atoms with Crippen molar-refractivity contribution in [3.63, 3.8) is 0 Å². The molecule has 84 valence electrons. The number of rotatable bonds is 2. The van der Waals surface area contributed by atoms with Gasteiger partial charge in [-0.1, -0.05) is 44.2 Å². The molecule has 16 heavy (non-hydrogen) atoms. The first-order valence-corrected chi connectivity index (χ1v) is 5.18. The molecular weight excluding hydrogens is 204 g/mol. The van der Waals surface area contributed by atoms with Crippen LogP contribution in [0.5, 0.6) is 0 Å². The molecule has 1 atom stereocenters. The van der Waals surface area contributed by atoms with Gasteiger partial charge in [-0.05, 0) is 5.56 Å². The van der Waals surface area contributed by atoms with Crippen LogP contribution >= 0.6 is 0 Å². The van der Waals surface area contributed by atoms with E-state index in [1.165, 1.54) is 0 Å². The third-order valence-corrected chi connectivity index (χ3v) is 3.01. The lowest BCUT2D eigenvalue weighted by Crippen LogP contribution is -2.45. The highest BCUT2D eigenvalue weighted by Gasteiger charge is 2.42. The maximum absolute atomic E-state index is 11.6. The van der Waals surface area contributed by atoms with Crippen molar-refractivity contribution >= 4 is 11.9 Å². The van der Waals surface area contributed by atoms with Crippen LogP contribution < -0.4 is 10.6 Å². The fraction of sp³-hybridized carbons (Fsp3) is 0.333. The third-order valence-electron chi connectivity index (χ3n) is 3.01. The molecule has 2 rings (SSSR count). The number of urea groups is 1. The van der Waals surface area contributed by atoms with Crippen molar-refractivity contribution in [2.24, 2.45) is 0 Å². The molecular formula is C12H14N2O2. The van der Waals surface area contributed by atoms with E-state index in [0.717, 1.165) is 5.56 Å². The molecule has 0 saturated carbocycles. The highest BCUT2D eigenvalue weighted by atomic mass is 16.2. The van der Waals surface area contributed by atoms with Gasteiger partial charge in [0, 0.05) is 5.41 Å².